The Morgan fingerprint density at radius 3 is 2.78 bits per heavy atom. The van der Waals surface area contributed by atoms with Gasteiger partial charge in [0.1, 0.15) is 0 Å². The SMILES string of the molecule is CCCCCCCC(Cc1ccncc1Cl)NN. The van der Waals surface area contributed by atoms with E-state index in [1.165, 1.54) is 32.1 Å². The number of aromatic nitrogens is 1. The van der Waals surface area contributed by atoms with Gasteiger partial charge in [-0.05, 0) is 24.5 Å². The number of pyridine rings is 1. The van der Waals surface area contributed by atoms with Gasteiger partial charge in [0, 0.05) is 18.4 Å². The Hall–Kier alpha value is -0.640. The lowest BCUT2D eigenvalue weighted by Crippen LogP contribution is -2.36. The number of nitrogens with one attached hydrogen (secondary N) is 1. The molecule has 0 fully saturated rings. The monoisotopic (exact) mass is 269 g/mol. The summed E-state index contributed by atoms with van der Waals surface area (Å²) >= 11 is 6.10. The van der Waals surface area contributed by atoms with Crippen molar-refractivity contribution in [2.24, 2.45) is 5.84 Å². The number of rotatable bonds is 9. The quantitative estimate of drug-likeness (QED) is 0.410. The van der Waals surface area contributed by atoms with E-state index in [9.17, 15) is 0 Å². The molecule has 0 bridgehead atoms. The predicted octanol–water partition coefficient (Wildman–Crippen LogP) is 3.47. The number of unbranched alkanes of at least 4 members (excludes halogenated alkanes) is 4. The minimum Gasteiger partial charge on any atom is -0.271 e. The minimum atomic E-state index is 0.298. The first kappa shape index (κ1) is 15.4. The van der Waals surface area contributed by atoms with Crippen LogP contribution in [0.15, 0.2) is 18.5 Å². The molecule has 0 saturated heterocycles. The second kappa shape index (κ2) is 9.31. The van der Waals surface area contributed by atoms with Crippen LogP contribution in [0.1, 0.15) is 51.0 Å². The van der Waals surface area contributed by atoms with E-state index in [0.717, 1.165) is 23.4 Å². The number of nitrogens with zero attached hydrogens (tertiary/aromatic N) is 1. The number of halogens is 1. The van der Waals surface area contributed by atoms with Gasteiger partial charge in [0.25, 0.3) is 0 Å². The van der Waals surface area contributed by atoms with Crippen LogP contribution < -0.4 is 11.3 Å². The van der Waals surface area contributed by atoms with Crippen molar-refractivity contribution >= 4 is 11.6 Å². The summed E-state index contributed by atoms with van der Waals surface area (Å²) in [5, 5.41) is 0.726. The number of nitrogens with two attached hydrogens (primary N) is 1. The van der Waals surface area contributed by atoms with Gasteiger partial charge in [-0.2, -0.15) is 0 Å². The normalized spacial score (nSPS) is 12.6. The summed E-state index contributed by atoms with van der Waals surface area (Å²) in [6.45, 7) is 2.23. The minimum absolute atomic E-state index is 0.298. The Bertz CT molecular complexity index is 331. The fourth-order valence-electron chi connectivity index (χ4n) is 2.07. The molecular weight excluding hydrogens is 246 g/mol. The van der Waals surface area contributed by atoms with E-state index in [0.29, 0.717) is 6.04 Å². The van der Waals surface area contributed by atoms with Crippen LogP contribution in [0, 0.1) is 0 Å². The average molecular weight is 270 g/mol. The Morgan fingerprint density at radius 2 is 2.11 bits per heavy atom. The molecule has 3 N–H and O–H groups in total. The van der Waals surface area contributed by atoms with Crippen molar-refractivity contribution < 1.29 is 0 Å². The van der Waals surface area contributed by atoms with E-state index >= 15 is 0 Å². The van der Waals surface area contributed by atoms with Gasteiger partial charge in [-0.3, -0.25) is 16.3 Å². The largest absolute Gasteiger partial charge is 0.271 e. The molecule has 1 aromatic heterocycles. The molecule has 18 heavy (non-hydrogen) atoms. The summed E-state index contributed by atoms with van der Waals surface area (Å²) in [6.07, 6.45) is 11.9. The highest BCUT2D eigenvalue weighted by molar-refractivity contribution is 6.31. The molecular formula is C14H24ClN3. The summed E-state index contributed by atoms with van der Waals surface area (Å²) in [7, 11) is 0. The van der Waals surface area contributed by atoms with Gasteiger partial charge in [-0.15, -0.1) is 0 Å². The Balaban J connectivity index is 2.31. The Morgan fingerprint density at radius 1 is 1.33 bits per heavy atom. The summed E-state index contributed by atoms with van der Waals surface area (Å²) < 4.78 is 0. The number of hydrogen-bond donors (Lipinski definition) is 2. The molecule has 4 heteroatoms. The zero-order chi connectivity index (χ0) is 13.2. The van der Waals surface area contributed by atoms with Crippen molar-refractivity contribution in [1.29, 1.82) is 0 Å². The molecule has 0 aliphatic carbocycles. The zero-order valence-corrected chi connectivity index (χ0v) is 11.9. The van der Waals surface area contributed by atoms with Gasteiger partial charge in [0.15, 0.2) is 0 Å². The van der Waals surface area contributed by atoms with Crippen molar-refractivity contribution in [3.63, 3.8) is 0 Å². The first-order valence-electron chi connectivity index (χ1n) is 6.82. The molecule has 0 amide bonds. The summed E-state index contributed by atoms with van der Waals surface area (Å²) in [5.41, 5.74) is 4.00. The standard InChI is InChI=1S/C14H24ClN3/c1-2-3-4-5-6-7-13(18-16)10-12-8-9-17-11-14(12)15/h8-9,11,13,18H,2-7,10,16H2,1H3. The summed E-state index contributed by atoms with van der Waals surface area (Å²) in [4.78, 5) is 3.99. The fourth-order valence-corrected chi connectivity index (χ4v) is 2.27. The van der Waals surface area contributed by atoms with E-state index in [2.05, 4.69) is 17.3 Å². The maximum Gasteiger partial charge on any atom is 0.0621 e. The smallest absolute Gasteiger partial charge is 0.0621 e. The van der Waals surface area contributed by atoms with Crippen LogP contribution >= 0.6 is 11.6 Å². The lowest BCUT2D eigenvalue weighted by atomic mass is 10.0. The second-order valence-electron chi connectivity index (χ2n) is 4.74. The molecule has 0 spiro atoms. The topological polar surface area (TPSA) is 50.9 Å². The third-order valence-corrected chi connectivity index (χ3v) is 3.55. The number of hydrogen-bond acceptors (Lipinski definition) is 3. The van der Waals surface area contributed by atoms with Crippen LogP contribution in [-0.4, -0.2) is 11.0 Å². The van der Waals surface area contributed by atoms with Crippen LogP contribution in [-0.2, 0) is 6.42 Å². The number of hydrazine groups is 1. The molecule has 102 valence electrons. The molecule has 1 atom stereocenters. The van der Waals surface area contributed by atoms with E-state index in [1.807, 2.05) is 6.07 Å². The highest BCUT2D eigenvalue weighted by Gasteiger charge is 2.09. The van der Waals surface area contributed by atoms with Gasteiger partial charge in [-0.25, -0.2) is 0 Å². The van der Waals surface area contributed by atoms with Crippen LogP contribution in [0.2, 0.25) is 5.02 Å². The van der Waals surface area contributed by atoms with Crippen LogP contribution in [0.25, 0.3) is 0 Å². The van der Waals surface area contributed by atoms with Crippen molar-refractivity contribution in [1.82, 2.24) is 10.4 Å². The van der Waals surface area contributed by atoms with Crippen molar-refractivity contribution in [2.75, 3.05) is 0 Å². The molecule has 0 aromatic carbocycles. The third-order valence-electron chi connectivity index (χ3n) is 3.21. The zero-order valence-electron chi connectivity index (χ0n) is 11.2. The summed E-state index contributed by atoms with van der Waals surface area (Å²) in [6, 6.07) is 2.26. The fraction of sp³-hybridized carbons (Fsp3) is 0.643. The first-order chi connectivity index (χ1) is 8.77. The molecule has 1 unspecified atom stereocenters. The van der Waals surface area contributed by atoms with Gasteiger partial charge < -0.3 is 0 Å². The Labute approximate surface area is 115 Å². The van der Waals surface area contributed by atoms with Gasteiger partial charge in [0.05, 0.1) is 5.02 Å². The Kier molecular flexibility index (Phi) is 7.98. The molecule has 1 rings (SSSR count). The third kappa shape index (κ3) is 5.80. The van der Waals surface area contributed by atoms with Crippen molar-refractivity contribution in [3.05, 3.63) is 29.0 Å². The molecule has 3 nitrogen and oxygen atoms in total. The summed E-state index contributed by atoms with van der Waals surface area (Å²) in [5.74, 6) is 5.60. The highest BCUT2D eigenvalue weighted by atomic mass is 35.5. The molecule has 0 radical (unpaired) electrons. The maximum atomic E-state index is 6.10. The van der Waals surface area contributed by atoms with Crippen LogP contribution in [0.3, 0.4) is 0 Å². The average Bonchev–Trinajstić information content (AvgIpc) is 2.39. The van der Waals surface area contributed by atoms with Crippen LogP contribution in [0.4, 0.5) is 0 Å². The van der Waals surface area contributed by atoms with Crippen molar-refractivity contribution in [3.8, 4) is 0 Å². The van der Waals surface area contributed by atoms with Gasteiger partial charge in [-0.1, -0.05) is 50.6 Å². The van der Waals surface area contributed by atoms with Gasteiger partial charge in [0.2, 0.25) is 0 Å². The highest BCUT2D eigenvalue weighted by Crippen LogP contribution is 2.17. The van der Waals surface area contributed by atoms with E-state index < -0.39 is 0 Å². The lowest BCUT2D eigenvalue weighted by Gasteiger charge is -2.16. The van der Waals surface area contributed by atoms with E-state index in [-0.39, 0.29) is 0 Å². The molecule has 0 saturated carbocycles. The second-order valence-corrected chi connectivity index (χ2v) is 5.14. The molecule has 1 heterocycles. The first-order valence-corrected chi connectivity index (χ1v) is 7.20. The van der Waals surface area contributed by atoms with Crippen LogP contribution in [0.5, 0.6) is 0 Å². The van der Waals surface area contributed by atoms with Gasteiger partial charge >= 0.3 is 0 Å². The molecule has 1 aromatic rings. The lowest BCUT2D eigenvalue weighted by molar-refractivity contribution is 0.461. The van der Waals surface area contributed by atoms with Crippen molar-refractivity contribution in [2.45, 2.75) is 57.9 Å². The predicted molar refractivity (Wildman–Crippen MR) is 77.4 cm³/mol. The maximum absolute atomic E-state index is 6.10. The molecule has 0 aliphatic rings. The van der Waals surface area contributed by atoms with E-state index in [1.54, 1.807) is 12.4 Å². The van der Waals surface area contributed by atoms with E-state index in [4.69, 9.17) is 17.4 Å². The molecule has 0 aliphatic heterocycles.